The minimum atomic E-state index is 0.174. The van der Waals surface area contributed by atoms with Gasteiger partial charge in [0.15, 0.2) is 0 Å². The summed E-state index contributed by atoms with van der Waals surface area (Å²) in [6.45, 7) is 3.17. The third-order valence-corrected chi connectivity index (χ3v) is 4.10. The first-order valence-electron chi connectivity index (χ1n) is 7.90. The van der Waals surface area contributed by atoms with E-state index in [1.807, 2.05) is 0 Å². The highest BCUT2D eigenvalue weighted by Crippen LogP contribution is 2.32. The van der Waals surface area contributed by atoms with Crippen LogP contribution in [-0.4, -0.2) is 13.6 Å². The van der Waals surface area contributed by atoms with Gasteiger partial charge in [-0.1, -0.05) is 68.3 Å². The summed E-state index contributed by atoms with van der Waals surface area (Å²) >= 11 is 0. The summed E-state index contributed by atoms with van der Waals surface area (Å²) in [5.74, 6) is 0. The van der Waals surface area contributed by atoms with E-state index in [4.69, 9.17) is 4.65 Å². The van der Waals surface area contributed by atoms with Gasteiger partial charge in [0.2, 0.25) is 0 Å². The molecule has 3 rings (SSSR count). The van der Waals surface area contributed by atoms with Gasteiger partial charge in [0.05, 0.1) is 6.10 Å². The molecule has 1 aliphatic heterocycles. The van der Waals surface area contributed by atoms with Gasteiger partial charge >= 0.3 is 7.05 Å². The molecule has 0 aliphatic carbocycles. The number of rotatable bonds is 5. The Morgan fingerprint density at radius 1 is 1.05 bits per heavy atom. The van der Waals surface area contributed by atoms with E-state index in [-0.39, 0.29) is 13.2 Å². The molecule has 0 radical (unpaired) electrons. The molecule has 0 bridgehead atoms. The van der Waals surface area contributed by atoms with E-state index in [0.29, 0.717) is 0 Å². The van der Waals surface area contributed by atoms with E-state index in [1.54, 1.807) is 0 Å². The van der Waals surface area contributed by atoms with Crippen molar-refractivity contribution in [1.29, 1.82) is 0 Å². The smallest absolute Gasteiger partial charge is 0.408 e. The number of anilines is 1. The number of unbranched alkanes of at least 4 members (excludes halogenated alkanes) is 1. The van der Waals surface area contributed by atoms with E-state index in [9.17, 15) is 0 Å². The second kappa shape index (κ2) is 6.81. The van der Waals surface area contributed by atoms with Crippen LogP contribution in [0.3, 0.4) is 0 Å². The van der Waals surface area contributed by atoms with E-state index in [0.717, 1.165) is 12.9 Å². The Bertz CT molecular complexity index is 546. The van der Waals surface area contributed by atoms with Crippen LogP contribution in [-0.2, 0) is 4.65 Å². The van der Waals surface area contributed by atoms with Gasteiger partial charge in [-0.2, -0.15) is 0 Å². The Labute approximate surface area is 127 Å². The maximum atomic E-state index is 6.34. The standard InChI is InChI=1S/C18H22BNO/c1-2-3-14-19-20(17-12-8-5-9-13-17)15-18(21-19)16-10-6-4-7-11-16/h4-13,18H,2-3,14-15H2,1H3/t18-/m0/s1. The number of hydrogen-bond acceptors (Lipinski definition) is 2. The van der Waals surface area contributed by atoms with Gasteiger partial charge in [-0.3, -0.25) is 0 Å². The molecule has 0 aromatic heterocycles. The lowest BCUT2D eigenvalue weighted by molar-refractivity contribution is 0.249. The van der Waals surface area contributed by atoms with Crippen molar-refractivity contribution in [3.05, 3.63) is 66.2 Å². The zero-order valence-electron chi connectivity index (χ0n) is 12.6. The summed E-state index contributed by atoms with van der Waals surface area (Å²) in [4.78, 5) is 2.41. The van der Waals surface area contributed by atoms with Gasteiger partial charge in [0, 0.05) is 12.2 Å². The molecule has 1 atom stereocenters. The third kappa shape index (κ3) is 3.30. The van der Waals surface area contributed by atoms with Gasteiger partial charge in [-0.15, -0.1) is 0 Å². The van der Waals surface area contributed by atoms with Crippen molar-refractivity contribution < 1.29 is 4.65 Å². The normalized spacial score (nSPS) is 18.2. The molecule has 1 fully saturated rings. The molecule has 0 spiro atoms. The summed E-state index contributed by atoms with van der Waals surface area (Å²) in [6, 6.07) is 21.2. The van der Waals surface area contributed by atoms with Crippen molar-refractivity contribution in [3.63, 3.8) is 0 Å². The fourth-order valence-corrected chi connectivity index (χ4v) is 2.95. The highest BCUT2D eigenvalue weighted by molar-refractivity contribution is 6.57. The fourth-order valence-electron chi connectivity index (χ4n) is 2.95. The monoisotopic (exact) mass is 279 g/mol. The van der Waals surface area contributed by atoms with Crippen molar-refractivity contribution in [1.82, 2.24) is 0 Å². The molecule has 21 heavy (non-hydrogen) atoms. The van der Waals surface area contributed by atoms with Crippen LogP contribution in [0, 0.1) is 0 Å². The second-order valence-corrected chi connectivity index (χ2v) is 5.62. The molecule has 2 aromatic carbocycles. The zero-order chi connectivity index (χ0) is 14.5. The zero-order valence-corrected chi connectivity index (χ0v) is 12.6. The molecule has 3 heteroatoms. The van der Waals surface area contributed by atoms with Gasteiger partial charge in [-0.05, 0) is 24.0 Å². The predicted molar refractivity (Wildman–Crippen MR) is 89.5 cm³/mol. The Hall–Kier alpha value is -1.74. The van der Waals surface area contributed by atoms with Crippen LogP contribution in [0.5, 0.6) is 0 Å². The van der Waals surface area contributed by atoms with Gasteiger partial charge in [0.25, 0.3) is 0 Å². The molecule has 0 saturated carbocycles. The van der Waals surface area contributed by atoms with Gasteiger partial charge in [0.1, 0.15) is 0 Å². The number of benzene rings is 2. The molecule has 0 unspecified atom stereocenters. The molecule has 2 aromatic rings. The lowest BCUT2D eigenvalue weighted by atomic mass is 9.74. The Balaban J connectivity index is 1.80. The minimum absolute atomic E-state index is 0.174. The largest absolute Gasteiger partial charge is 0.416 e. The molecule has 2 nitrogen and oxygen atoms in total. The second-order valence-electron chi connectivity index (χ2n) is 5.62. The maximum absolute atomic E-state index is 6.34. The molecular formula is C18H22BNO. The average Bonchev–Trinajstić information content (AvgIpc) is 2.99. The minimum Gasteiger partial charge on any atom is -0.408 e. The topological polar surface area (TPSA) is 12.5 Å². The first-order chi connectivity index (χ1) is 10.4. The molecule has 108 valence electrons. The summed E-state index contributed by atoms with van der Waals surface area (Å²) in [5.41, 5.74) is 2.54. The van der Waals surface area contributed by atoms with Crippen molar-refractivity contribution in [2.75, 3.05) is 11.4 Å². The van der Waals surface area contributed by atoms with Crippen LogP contribution in [0.25, 0.3) is 0 Å². The molecule has 0 N–H and O–H groups in total. The molecule has 0 amide bonds. The van der Waals surface area contributed by atoms with Crippen molar-refractivity contribution in [2.45, 2.75) is 32.2 Å². The van der Waals surface area contributed by atoms with E-state index < -0.39 is 0 Å². The van der Waals surface area contributed by atoms with E-state index in [1.165, 1.54) is 24.1 Å². The SMILES string of the molecule is CCCCB1O[C@H](c2ccccc2)CN1c1ccccc1. The first-order valence-corrected chi connectivity index (χ1v) is 7.90. The molecular weight excluding hydrogens is 257 g/mol. The van der Waals surface area contributed by atoms with Crippen molar-refractivity contribution in [3.8, 4) is 0 Å². The number of para-hydroxylation sites is 1. The van der Waals surface area contributed by atoms with Gasteiger partial charge < -0.3 is 9.47 Å². The van der Waals surface area contributed by atoms with Crippen LogP contribution in [0.2, 0.25) is 6.32 Å². The third-order valence-electron chi connectivity index (χ3n) is 4.10. The van der Waals surface area contributed by atoms with Crippen LogP contribution < -0.4 is 4.81 Å². The Morgan fingerprint density at radius 3 is 2.38 bits per heavy atom. The lowest BCUT2D eigenvalue weighted by Gasteiger charge is -2.21. The van der Waals surface area contributed by atoms with Gasteiger partial charge in [-0.25, -0.2) is 0 Å². The Kier molecular flexibility index (Phi) is 4.61. The van der Waals surface area contributed by atoms with Crippen LogP contribution in [0.1, 0.15) is 31.4 Å². The number of hydrogen-bond donors (Lipinski definition) is 0. The summed E-state index contributed by atoms with van der Waals surface area (Å²) in [5, 5.41) is 0. The predicted octanol–water partition coefficient (Wildman–Crippen LogP) is 4.55. The van der Waals surface area contributed by atoms with Crippen LogP contribution in [0.15, 0.2) is 60.7 Å². The summed E-state index contributed by atoms with van der Waals surface area (Å²) in [6.07, 6.45) is 3.68. The first kappa shape index (κ1) is 14.2. The molecule has 1 heterocycles. The lowest BCUT2D eigenvalue weighted by Crippen LogP contribution is -2.34. The summed E-state index contributed by atoms with van der Waals surface area (Å²) < 4.78 is 6.34. The highest BCUT2D eigenvalue weighted by Gasteiger charge is 2.37. The average molecular weight is 279 g/mol. The Morgan fingerprint density at radius 2 is 1.71 bits per heavy atom. The molecule has 1 saturated heterocycles. The van der Waals surface area contributed by atoms with E-state index in [2.05, 4.69) is 72.4 Å². The van der Waals surface area contributed by atoms with Crippen LogP contribution >= 0.6 is 0 Å². The van der Waals surface area contributed by atoms with E-state index >= 15 is 0 Å². The fraction of sp³-hybridized carbons (Fsp3) is 0.333. The van der Waals surface area contributed by atoms with Crippen LogP contribution in [0.4, 0.5) is 5.69 Å². The van der Waals surface area contributed by atoms with Crippen molar-refractivity contribution >= 4 is 12.7 Å². The molecule has 1 aliphatic rings. The highest BCUT2D eigenvalue weighted by atomic mass is 16.5. The quantitative estimate of drug-likeness (QED) is 0.744. The number of nitrogens with zero attached hydrogens (tertiary/aromatic N) is 1. The summed E-state index contributed by atoms with van der Waals surface area (Å²) in [7, 11) is 0.192. The van der Waals surface area contributed by atoms with Crippen molar-refractivity contribution in [2.24, 2.45) is 0 Å². The maximum Gasteiger partial charge on any atom is 0.416 e.